The molecule has 14 aromatic rings. The van der Waals surface area contributed by atoms with E-state index in [4.69, 9.17) is 8.75 Å². The summed E-state index contributed by atoms with van der Waals surface area (Å²) >= 11 is 1.27. The van der Waals surface area contributed by atoms with Crippen molar-refractivity contribution >= 4 is 61.6 Å². The Morgan fingerprint density at radius 2 is 0.706 bits per heavy atom. The number of aromatic nitrogens is 3. The summed E-state index contributed by atoms with van der Waals surface area (Å²) in [6.07, 6.45) is 0. The maximum atomic E-state index is 5.11. The monoisotopic (exact) mass is 1110 g/mol. The summed E-state index contributed by atoms with van der Waals surface area (Å²) in [4.78, 5) is 2.35. The molecule has 0 unspecified atom stereocenters. The fraction of sp³-hybridized carbons (Fsp3) is 0.100. The van der Waals surface area contributed by atoms with E-state index in [0.29, 0.717) is 0 Å². The Hall–Kier alpha value is -9.94. The molecule has 2 aliphatic rings. The number of nitrogens with zero attached hydrogens (tertiary/aromatic N) is 4. The van der Waals surface area contributed by atoms with Gasteiger partial charge in [-0.05, 0) is 193 Å². The van der Waals surface area contributed by atoms with Crippen LogP contribution in [0.25, 0.3) is 116 Å². The molecule has 85 heavy (non-hydrogen) atoms. The van der Waals surface area contributed by atoms with Crippen LogP contribution in [-0.4, -0.2) is 13.3 Å². The van der Waals surface area contributed by atoms with Crippen LogP contribution in [0.15, 0.2) is 255 Å². The van der Waals surface area contributed by atoms with Gasteiger partial charge in [-0.2, -0.15) is 8.75 Å². The largest absolute Gasteiger partial charge is 0.309 e. The van der Waals surface area contributed by atoms with Crippen molar-refractivity contribution in [3.63, 3.8) is 0 Å². The summed E-state index contributed by atoms with van der Waals surface area (Å²) in [6, 6.07) is 94.9. The zero-order valence-electron chi connectivity index (χ0n) is 48.4. The van der Waals surface area contributed by atoms with E-state index < -0.39 is 0 Å². The van der Waals surface area contributed by atoms with Gasteiger partial charge in [0.1, 0.15) is 11.0 Å². The molecule has 0 saturated carbocycles. The Bertz CT molecular complexity index is 4730. The van der Waals surface area contributed by atoms with Gasteiger partial charge in [0.05, 0.1) is 28.4 Å². The number of aryl methyl sites for hydroxylation is 2. The second-order valence-electron chi connectivity index (χ2n) is 24.5. The second kappa shape index (κ2) is 19.3. The van der Waals surface area contributed by atoms with E-state index >= 15 is 0 Å². The van der Waals surface area contributed by atoms with Gasteiger partial charge in [0.25, 0.3) is 0 Å². The Labute approximate surface area is 500 Å². The van der Waals surface area contributed by atoms with Gasteiger partial charge in [0.2, 0.25) is 0 Å². The Morgan fingerprint density at radius 1 is 0.329 bits per heavy atom. The lowest BCUT2D eigenvalue weighted by Gasteiger charge is -2.26. The first kappa shape index (κ1) is 50.8. The van der Waals surface area contributed by atoms with Gasteiger partial charge in [-0.1, -0.05) is 209 Å². The smallest absolute Gasteiger partial charge is 0.129 e. The maximum Gasteiger partial charge on any atom is 0.129 e. The minimum absolute atomic E-state index is 0.0836. The van der Waals surface area contributed by atoms with E-state index in [0.717, 1.165) is 44.9 Å². The molecule has 12 aromatic carbocycles. The molecule has 4 nitrogen and oxygen atoms in total. The van der Waals surface area contributed by atoms with Crippen molar-refractivity contribution in [1.82, 2.24) is 13.3 Å². The van der Waals surface area contributed by atoms with Gasteiger partial charge in [-0.15, -0.1) is 0 Å². The first-order valence-corrected chi connectivity index (χ1v) is 30.3. The minimum atomic E-state index is -0.0836. The molecule has 5 heteroatoms. The van der Waals surface area contributed by atoms with Crippen LogP contribution in [0, 0.1) is 13.8 Å². The SMILES string of the molecule is Cc1ccc(-c2ccc3c(c2)c2cc(-c4ccc(C)cc4)ccc2n3-c2ccc(-c3ccc(N(c4ccc(-c5ccc6c(c5)C(C)(C)c5ccccc5-6)cc4)c4ccc(-c5ccc6c(c5)C(C)(C)c5ccccc5-6)cc4)c4nsnc34)cc2)cc1. The zero-order valence-corrected chi connectivity index (χ0v) is 49.3. The average Bonchev–Trinajstić information content (AvgIpc) is 4.45. The Balaban J connectivity index is 0.775. The Kier molecular flexibility index (Phi) is 11.5. The lowest BCUT2D eigenvalue weighted by Crippen LogP contribution is -2.14. The average molecular weight is 1110 g/mol. The molecular formula is C80H60N4S. The van der Waals surface area contributed by atoms with Gasteiger partial charge in [0, 0.05) is 44.2 Å². The molecule has 406 valence electrons. The van der Waals surface area contributed by atoms with E-state index in [1.165, 1.54) is 134 Å². The van der Waals surface area contributed by atoms with Crippen LogP contribution >= 0.6 is 11.7 Å². The van der Waals surface area contributed by atoms with E-state index in [9.17, 15) is 0 Å². The highest BCUT2D eigenvalue weighted by Crippen LogP contribution is 2.52. The topological polar surface area (TPSA) is 34.0 Å². The third-order valence-corrected chi connectivity index (χ3v) is 19.2. The molecule has 0 radical (unpaired) electrons. The standard InChI is InChI=1S/C80H60N4S/c1-49-15-19-51(20-16-49)56-31-42-74-68(45-56)69-46-57(52-21-17-50(2)18-22-52)32-43-75(69)84(74)62-37-27-55(28-38-62)63-41-44-76(78-77(63)81-85-82-78)83(60-33-23-53(24-34-60)58-29-39-66-64-11-7-9-13-70(64)79(3,4)72(66)47-58)61-35-25-54(26-36-61)59-30-40-67-65-12-8-10-14-71(65)80(5,6)73(67)48-59/h7-48H,1-6H3. The lowest BCUT2D eigenvalue weighted by molar-refractivity contribution is 0.660. The molecule has 0 bridgehead atoms. The summed E-state index contributed by atoms with van der Waals surface area (Å²) in [7, 11) is 0. The number of rotatable bonds is 9. The van der Waals surface area contributed by atoms with Crippen LogP contribution in [-0.2, 0) is 10.8 Å². The normalized spacial score (nSPS) is 13.5. The van der Waals surface area contributed by atoms with Crippen LogP contribution in [0.4, 0.5) is 17.1 Å². The molecule has 0 saturated heterocycles. The third kappa shape index (κ3) is 8.16. The molecule has 16 rings (SSSR count). The van der Waals surface area contributed by atoms with Crippen molar-refractivity contribution in [2.45, 2.75) is 52.4 Å². The number of anilines is 3. The number of hydrogen-bond acceptors (Lipinski definition) is 4. The van der Waals surface area contributed by atoms with E-state index in [1.807, 2.05) is 0 Å². The van der Waals surface area contributed by atoms with Gasteiger partial charge in [0.15, 0.2) is 0 Å². The molecule has 2 heterocycles. The first-order valence-electron chi connectivity index (χ1n) is 29.5. The highest BCUT2D eigenvalue weighted by atomic mass is 32.1. The fourth-order valence-corrected chi connectivity index (χ4v) is 14.6. The van der Waals surface area contributed by atoms with E-state index in [2.05, 4.69) is 306 Å². The highest BCUT2D eigenvalue weighted by molar-refractivity contribution is 7.00. The second-order valence-corrected chi connectivity index (χ2v) is 25.0. The molecule has 0 atom stereocenters. The molecule has 2 aliphatic carbocycles. The van der Waals surface area contributed by atoms with Crippen LogP contribution in [0.2, 0.25) is 0 Å². The molecule has 0 spiro atoms. The van der Waals surface area contributed by atoms with E-state index in [-0.39, 0.29) is 10.8 Å². The van der Waals surface area contributed by atoms with Crippen molar-refractivity contribution in [3.05, 3.63) is 288 Å². The summed E-state index contributed by atoms with van der Waals surface area (Å²) in [6.45, 7) is 13.7. The number of fused-ring (bicyclic) bond motifs is 10. The molecule has 2 aromatic heterocycles. The van der Waals surface area contributed by atoms with Gasteiger partial charge in [-0.25, -0.2) is 0 Å². The lowest BCUT2D eigenvalue weighted by atomic mass is 9.81. The van der Waals surface area contributed by atoms with Crippen LogP contribution in [0.5, 0.6) is 0 Å². The van der Waals surface area contributed by atoms with Crippen molar-refractivity contribution in [2.75, 3.05) is 4.90 Å². The Morgan fingerprint density at radius 3 is 1.19 bits per heavy atom. The summed E-state index contributed by atoms with van der Waals surface area (Å²) in [5.74, 6) is 0. The third-order valence-electron chi connectivity index (χ3n) is 18.7. The molecule has 0 amide bonds. The predicted octanol–water partition coefficient (Wildman–Crippen LogP) is 21.8. The van der Waals surface area contributed by atoms with Gasteiger partial charge in [-0.3, -0.25) is 0 Å². The van der Waals surface area contributed by atoms with Crippen molar-refractivity contribution in [3.8, 4) is 83.6 Å². The summed E-state index contributed by atoms with van der Waals surface area (Å²) < 4.78 is 12.6. The van der Waals surface area contributed by atoms with Crippen molar-refractivity contribution in [1.29, 1.82) is 0 Å². The molecule has 0 fully saturated rings. The quantitative estimate of drug-likeness (QED) is 0.144. The van der Waals surface area contributed by atoms with Crippen LogP contribution in [0.1, 0.15) is 61.1 Å². The van der Waals surface area contributed by atoms with Crippen LogP contribution in [0.3, 0.4) is 0 Å². The van der Waals surface area contributed by atoms with Gasteiger partial charge >= 0.3 is 0 Å². The van der Waals surface area contributed by atoms with Crippen molar-refractivity contribution < 1.29 is 0 Å². The molecule has 0 aliphatic heterocycles. The molecule has 0 N–H and O–H groups in total. The summed E-state index contributed by atoms with van der Waals surface area (Å²) in [5.41, 5.74) is 33.1. The fourth-order valence-electron chi connectivity index (χ4n) is 14.0. The van der Waals surface area contributed by atoms with Crippen molar-refractivity contribution in [2.24, 2.45) is 0 Å². The summed E-state index contributed by atoms with van der Waals surface area (Å²) in [5, 5.41) is 2.45. The predicted molar refractivity (Wildman–Crippen MR) is 358 cm³/mol. The number of hydrogen-bond donors (Lipinski definition) is 0. The van der Waals surface area contributed by atoms with Crippen LogP contribution < -0.4 is 4.90 Å². The highest BCUT2D eigenvalue weighted by Gasteiger charge is 2.37. The zero-order chi connectivity index (χ0) is 57.3. The maximum absolute atomic E-state index is 5.11. The van der Waals surface area contributed by atoms with Gasteiger partial charge < -0.3 is 9.47 Å². The molecular weight excluding hydrogens is 1050 g/mol. The minimum Gasteiger partial charge on any atom is -0.309 e. The first-order chi connectivity index (χ1) is 41.4. The van der Waals surface area contributed by atoms with E-state index in [1.54, 1.807) is 0 Å². The number of benzene rings is 12.